The number of carbonyl (C=O) groups excluding carboxylic acids is 1. The van der Waals surface area contributed by atoms with Crippen LogP contribution in [0.15, 0.2) is 70.4 Å². The topological polar surface area (TPSA) is 72.6 Å². The lowest BCUT2D eigenvalue weighted by Gasteiger charge is -2.39. The van der Waals surface area contributed by atoms with E-state index in [-0.39, 0.29) is 17.0 Å². The van der Waals surface area contributed by atoms with Crippen molar-refractivity contribution < 1.29 is 4.79 Å². The highest BCUT2D eigenvalue weighted by Gasteiger charge is 2.33. The number of anilines is 2. The van der Waals surface area contributed by atoms with E-state index in [2.05, 4.69) is 34.9 Å². The summed E-state index contributed by atoms with van der Waals surface area (Å²) in [6, 6.07) is 22.3. The van der Waals surface area contributed by atoms with Gasteiger partial charge in [0.2, 0.25) is 0 Å². The van der Waals surface area contributed by atoms with Crippen molar-refractivity contribution in [3.05, 3.63) is 98.2 Å². The van der Waals surface area contributed by atoms with Gasteiger partial charge < -0.3 is 9.80 Å². The Bertz CT molecular complexity index is 1570. The van der Waals surface area contributed by atoms with Gasteiger partial charge in [-0.05, 0) is 42.7 Å². The highest BCUT2D eigenvalue weighted by Crippen LogP contribution is 2.37. The Labute approximate surface area is 250 Å². The van der Waals surface area contributed by atoms with Gasteiger partial charge in [0, 0.05) is 44.0 Å². The van der Waals surface area contributed by atoms with Gasteiger partial charge in [0.05, 0.1) is 11.4 Å². The summed E-state index contributed by atoms with van der Waals surface area (Å²) in [7, 11) is 0. The fourth-order valence-electron chi connectivity index (χ4n) is 5.36. The molecule has 41 heavy (non-hydrogen) atoms. The van der Waals surface area contributed by atoms with Crippen molar-refractivity contribution in [2.24, 2.45) is 0 Å². The van der Waals surface area contributed by atoms with E-state index in [0.29, 0.717) is 41.0 Å². The molecule has 7 nitrogen and oxygen atoms in total. The van der Waals surface area contributed by atoms with Crippen LogP contribution in [-0.4, -0.2) is 45.9 Å². The normalized spacial score (nSPS) is 16.5. The van der Waals surface area contributed by atoms with Gasteiger partial charge in [-0.3, -0.25) is 19.1 Å². The van der Waals surface area contributed by atoms with Crippen LogP contribution in [0.2, 0.25) is 0 Å². The van der Waals surface area contributed by atoms with Crippen molar-refractivity contribution in [2.75, 3.05) is 36.0 Å². The van der Waals surface area contributed by atoms with Crippen molar-refractivity contribution in [1.82, 2.24) is 9.47 Å². The van der Waals surface area contributed by atoms with E-state index in [1.807, 2.05) is 61.5 Å². The van der Waals surface area contributed by atoms with Gasteiger partial charge in [0.1, 0.15) is 21.8 Å². The molecule has 0 aliphatic carbocycles. The summed E-state index contributed by atoms with van der Waals surface area (Å²) in [5.74, 6) is 0.619. The minimum atomic E-state index is -0.271. The molecular weight excluding hydrogens is 551 g/mol. The van der Waals surface area contributed by atoms with E-state index in [4.69, 9.17) is 12.2 Å². The number of unbranched alkanes of at least 4 members (excludes halogenated alkanes) is 1. The molecule has 3 aromatic rings. The highest BCUT2D eigenvalue weighted by atomic mass is 32.2. The lowest BCUT2D eigenvalue weighted by molar-refractivity contribution is -0.122. The molecule has 2 aliphatic heterocycles. The summed E-state index contributed by atoms with van der Waals surface area (Å²) >= 11 is 6.89. The first kappa shape index (κ1) is 28.7. The van der Waals surface area contributed by atoms with Crippen LogP contribution in [0.5, 0.6) is 0 Å². The van der Waals surface area contributed by atoms with Crippen molar-refractivity contribution >= 4 is 51.8 Å². The number of thioether (sulfide) groups is 1. The molecule has 1 amide bonds. The zero-order chi connectivity index (χ0) is 28.9. The van der Waals surface area contributed by atoms with Gasteiger partial charge in [-0.15, -0.1) is 0 Å². The molecule has 0 bridgehead atoms. The predicted molar refractivity (Wildman–Crippen MR) is 171 cm³/mol. The number of nitriles is 1. The number of nitrogens with zero attached hydrogens (tertiary/aromatic N) is 5. The first-order valence-corrected chi connectivity index (χ1v) is 15.2. The van der Waals surface area contributed by atoms with Crippen molar-refractivity contribution in [1.29, 1.82) is 5.26 Å². The number of hydrogen-bond acceptors (Lipinski definition) is 7. The fourth-order valence-corrected chi connectivity index (χ4v) is 6.59. The average Bonchev–Trinajstić information content (AvgIpc) is 3.26. The third kappa shape index (κ3) is 5.95. The number of piperazine rings is 1. The maximum atomic E-state index is 13.6. The SMILES string of the molecule is CCCCn1c(N2CCN(c3ccccc3)CC2)c(/C=C2/SC(=S)N(Cc3ccccc3)C2=O)c(C)c(C#N)c1=O. The lowest BCUT2D eigenvalue weighted by atomic mass is 10.0. The highest BCUT2D eigenvalue weighted by molar-refractivity contribution is 8.26. The third-order valence-electron chi connectivity index (χ3n) is 7.61. The number of thiocarbonyl (C=S) groups is 1. The molecular formula is C32H33N5O2S2. The second-order valence-corrected chi connectivity index (χ2v) is 11.9. The van der Waals surface area contributed by atoms with Crippen LogP contribution in [0, 0.1) is 18.3 Å². The molecule has 210 valence electrons. The molecule has 9 heteroatoms. The molecule has 0 unspecified atom stereocenters. The number of para-hydroxylation sites is 1. The molecule has 2 saturated heterocycles. The molecule has 0 saturated carbocycles. The van der Waals surface area contributed by atoms with Crippen LogP contribution < -0.4 is 15.4 Å². The first-order chi connectivity index (χ1) is 19.9. The quantitative estimate of drug-likeness (QED) is 0.254. The summed E-state index contributed by atoms with van der Waals surface area (Å²) in [5, 5.41) is 9.99. The molecule has 2 fully saturated rings. The van der Waals surface area contributed by atoms with Gasteiger partial charge in [-0.1, -0.05) is 85.9 Å². The number of pyridine rings is 1. The number of aromatic nitrogens is 1. The second kappa shape index (κ2) is 12.8. The largest absolute Gasteiger partial charge is 0.368 e. The minimum absolute atomic E-state index is 0.124. The maximum Gasteiger partial charge on any atom is 0.270 e. The van der Waals surface area contributed by atoms with Gasteiger partial charge >= 0.3 is 0 Å². The Morgan fingerprint density at radius 2 is 1.61 bits per heavy atom. The van der Waals surface area contributed by atoms with Crippen LogP contribution in [0.3, 0.4) is 0 Å². The Hall–Kier alpha value is -3.87. The van der Waals surface area contributed by atoms with Crippen LogP contribution in [0.4, 0.5) is 11.5 Å². The molecule has 1 aromatic heterocycles. The molecule has 0 radical (unpaired) electrons. The van der Waals surface area contributed by atoms with E-state index < -0.39 is 0 Å². The predicted octanol–water partition coefficient (Wildman–Crippen LogP) is 5.56. The summed E-state index contributed by atoms with van der Waals surface area (Å²) in [6.07, 6.45) is 3.57. The van der Waals surface area contributed by atoms with Crippen molar-refractivity contribution in [3.8, 4) is 6.07 Å². The number of rotatable bonds is 8. The van der Waals surface area contributed by atoms with Crippen molar-refractivity contribution in [3.63, 3.8) is 0 Å². The van der Waals surface area contributed by atoms with E-state index >= 15 is 0 Å². The lowest BCUT2D eigenvalue weighted by Crippen LogP contribution is -2.48. The molecule has 0 atom stereocenters. The van der Waals surface area contributed by atoms with Crippen LogP contribution in [0.1, 0.15) is 42.0 Å². The van der Waals surface area contributed by atoms with Gasteiger partial charge in [0.15, 0.2) is 0 Å². The maximum absolute atomic E-state index is 13.6. The summed E-state index contributed by atoms with van der Waals surface area (Å²) < 4.78 is 2.25. The third-order valence-corrected chi connectivity index (χ3v) is 8.99. The number of benzene rings is 2. The van der Waals surface area contributed by atoms with Crippen LogP contribution >= 0.6 is 24.0 Å². The molecule has 5 rings (SSSR count). The number of carbonyl (C=O) groups is 1. The van der Waals surface area contributed by atoms with E-state index in [1.54, 1.807) is 9.47 Å². The average molecular weight is 584 g/mol. The van der Waals surface area contributed by atoms with Gasteiger partial charge in [-0.2, -0.15) is 5.26 Å². The zero-order valence-corrected chi connectivity index (χ0v) is 25.0. The summed E-state index contributed by atoms with van der Waals surface area (Å²) in [6.45, 7) is 7.81. The van der Waals surface area contributed by atoms with E-state index in [1.165, 1.54) is 17.4 Å². The van der Waals surface area contributed by atoms with E-state index in [0.717, 1.165) is 42.9 Å². The molecule has 0 spiro atoms. The van der Waals surface area contributed by atoms with E-state index in [9.17, 15) is 14.9 Å². The Balaban J connectivity index is 1.55. The second-order valence-electron chi connectivity index (χ2n) is 10.2. The van der Waals surface area contributed by atoms with Crippen LogP contribution in [0.25, 0.3) is 6.08 Å². The Kier molecular flexibility index (Phi) is 8.91. The van der Waals surface area contributed by atoms with Gasteiger partial charge in [0.25, 0.3) is 11.5 Å². The number of hydrogen-bond donors (Lipinski definition) is 0. The summed E-state index contributed by atoms with van der Waals surface area (Å²) in [4.78, 5) is 33.9. The molecule has 0 N–H and O–H groups in total. The smallest absolute Gasteiger partial charge is 0.270 e. The standard InChI is InChI=1S/C32H33N5O2S2/c1-3-4-15-36-29(35-18-16-34(17-19-35)25-13-9-6-10-14-25)26(23(2)27(21-33)30(36)38)20-28-31(39)37(32(40)41-28)22-24-11-7-5-8-12-24/h5-14,20H,3-4,15-19,22H2,1-2H3/b28-20+. The Morgan fingerprint density at radius 1 is 0.976 bits per heavy atom. The zero-order valence-electron chi connectivity index (χ0n) is 23.4. The van der Waals surface area contributed by atoms with Crippen LogP contribution in [-0.2, 0) is 17.9 Å². The fraction of sp³-hybridized carbons (Fsp3) is 0.312. The number of amides is 1. The monoisotopic (exact) mass is 583 g/mol. The first-order valence-electron chi connectivity index (χ1n) is 13.9. The molecule has 3 heterocycles. The van der Waals surface area contributed by atoms with Crippen molar-refractivity contribution in [2.45, 2.75) is 39.8 Å². The molecule has 2 aromatic carbocycles. The molecule has 2 aliphatic rings. The van der Waals surface area contributed by atoms with Gasteiger partial charge in [-0.25, -0.2) is 0 Å². The minimum Gasteiger partial charge on any atom is -0.368 e. The Morgan fingerprint density at radius 3 is 2.24 bits per heavy atom. The summed E-state index contributed by atoms with van der Waals surface area (Å²) in [5.41, 5.74) is 3.36.